The van der Waals surface area contributed by atoms with Crippen LogP contribution < -0.4 is 10.1 Å². The Bertz CT molecular complexity index is 1310. The molecule has 3 heterocycles. The summed E-state index contributed by atoms with van der Waals surface area (Å²) < 4.78 is 7.15. The van der Waals surface area contributed by atoms with Gasteiger partial charge in [-0.25, -0.2) is 4.98 Å². The Morgan fingerprint density at radius 2 is 1.97 bits per heavy atom. The molecule has 2 aromatic carbocycles. The Kier molecular flexibility index (Phi) is 5.40. The third kappa shape index (κ3) is 3.98. The van der Waals surface area contributed by atoms with Crippen LogP contribution in [-0.4, -0.2) is 37.5 Å². The number of anilines is 1. The molecule has 0 saturated carbocycles. The molecule has 1 aliphatic heterocycles. The molecule has 1 N–H and O–H groups in total. The van der Waals surface area contributed by atoms with Crippen LogP contribution in [0.3, 0.4) is 0 Å². The summed E-state index contributed by atoms with van der Waals surface area (Å²) in [5, 5.41) is 15.9. The lowest BCUT2D eigenvalue weighted by molar-refractivity contribution is -0.116. The van der Waals surface area contributed by atoms with E-state index in [0.717, 1.165) is 28.1 Å². The highest BCUT2D eigenvalue weighted by Gasteiger charge is 2.33. The fourth-order valence-electron chi connectivity index (χ4n) is 4.06. The Hall–Kier alpha value is -4.33. The predicted molar refractivity (Wildman–Crippen MR) is 124 cm³/mol. The van der Waals surface area contributed by atoms with Gasteiger partial charge in [-0.15, -0.1) is 5.10 Å². The van der Waals surface area contributed by atoms with Crippen molar-refractivity contribution < 1.29 is 9.53 Å². The molecule has 5 rings (SSSR count). The van der Waals surface area contributed by atoms with E-state index < -0.39 is 0 Å². The minimum absolute atomic E-state index is 0.0900. The van der Waals surface area contributed by atoms with Crippen molar-refractivity contribution >= 4 is 11.7 Å². The molecule has 164 valence electrons. The highest BCUT2D eigenvalue weighted by atomic mass is 16.5. The molecule has 4 aromatic rings. The van der Waals surface area contributed by atoms with Crippen molar-refractivity contribution in [2.75, 3.05) is 11.9 Å². The van der Waals surface area contributed by atoms with E-state index in [1.807, 2.05) is 61.5 Å². The molecule has 8 nitrogen and oxygen atoms in total. The van der Waals surface area contributed by atoms with Crippen LogP contribution in [0.5, 0.6) is 5.75 Å². The number of hydrogen-bond donors (Lipinski definition) is 1. The molecule has 33 heavy (non-hydrogen) atoms. The molecule has 1 atom stereocenters. The first kappa shape index (κ1) is 20.6. The summed E-state index contributed by atoms with van der Waals surface area (Å²) in [5.74, 6) is 1.40. The lowest BCUT2D eigenvalue weighted by Crippen LogP contribution is -2.25. The molecule has 0 spiro atoms. The van der Waals surface area contributed by atoms with Gasteiger partial charge in [-0.2, -0.15) is 14.9 Å². The summed E-state index contributed by atoms with van der Waals surface area (Å²) in [6.45, 7) is 6.03. The van der Waals surface area contributed by atoms with E-state index in [1.54, 1.807) is 17.0 Å². The standard InChI is InChI=1S/C25H22N6O2/c1-3-13-33-19-11-9-17(10-12-19)20-14-22(32)28-24-23(20)16(2)30-31(24)25-27-21(15-26-29-25)18-7-5-4-6-8-18/h3-12,15,20H,1,13-14H2,2H3,(H,28,32)/t20-/m1/s1. The molecule has 2 aromatic heterocycles. The number of amides is 1. The lowest BCUT2D eigenvalue weighted by atomic mass is 9.86. The van der Waals surface area contributed by atoms with Gasteiger partial charge in [-0.05, 0) is 24.6 Å². The molecular formula is C25H22N6O2. The van der Waals surface area contributed by atoms with Gasteiger partial charge in [0, 0.05) is 23.5 Å². The fraction of sp³-hybridized carbons (Fsp3) is 0.160. The van der Waals surface area contributed by atoms with Gasteiger partial charge in [0.2, 0.25) is 5.91 Å². The summed E-state index contributed by atoms with van der Waals surface area (Å²) >= 11 is 0. The van der Waals surface area contributed by atoms with Gasteiger partial charge in [0.05, 0.1) is 17.6 Å². The number of rotatable bonds is 6. The third-order valence-corrected chi connectivity index (χ3v) is 5.56. The summed E-state index contributed by atoms with van der Waals surface area (Å²) in [5.41, 5.74) is 4.36. The number of carbonyl (C=O) groups is 1. The summed E-state index contributed by atoms with van der Waals surface area (Å²) in [4.78, 5) is 17.3. The normalized spacial score (nSPS) is 14.9. The SMILES string of the molecule is C=CCOc1ccc([C@H]2CC(=O)Nc3c2c(C)nn3-c2nncc(-c3ccccc3)n2)cc1. The fourth-order valence-corrected chi connectivity index (χ4v) is 4.06. The van der Waals surface area contributed by atoms with Gasteiger partial charge in [-0.1, -0.05) is 55.1 Å². The number of nitrogens with one attached hydrogen (secondary N) is 1. The largest absolute Gasteiger partial charge is 0.490 e. The molecule has 1 aliphatic rings. The maximum Gasteiger partial charge on any atom is 0.272 e. The summed E-state index contributed by atoms with van der Waals surface area (Å²) in [6.07, 6.45) is 3.64. The number of carbonyl (C=O) groups excluding carboxylic acids is 1. The maximum atomic E-state index is 12.7. The number of ether oxygens (including phenoxy) is 1. The van der Waals surface area contributed by atoms with Crippen LogP contribution in [0.15, 0.2) is 73.4 Å². The second-order valence-corrected chi connectivity index (χ2v) is 7.74. The van der Waals surface area contributed by atoms with Gasteiger partial charge in [-0.3, -0.25) is 4.79 Å². The van der Waals surface area contributed by atoms with Gasteiger partial charge in [0.15, 0.2) is 0 Å². The molecular weight excluding hydrogens is 416 g/mol. The van der Waals surface area contributed by atoms with Crippen LogP contribution in [0.4, 0.5) is 5.82 Å². The molecule has 0 bridgehead atoms. The molecule has 0 fully saturated rings. The second-order valence-electron chi connectivity index (χ2n) is 7.74. The van der Waals surface area contributed by atoms with E-state index in [0.29, 0.717) is 30.5 Å². The number of nitrogens with zero attached hydrogens (tertiary/aromatic N) is 5. The zero-order valence-electron chi connectivity index (χ0n) is 18.1. The minimum atomic E-state index is -0.138. The van der Waals surface area contributed by atoms with Crippen LogP contribution in [0, 0.1) is 6.92 Å². The van der Waals surface area contributed by atoms with Crippen LogP contribution in [0.2, 0.25) is 0 Å². The van der Waals surface area contributed by atoms with E-state index in [9.17, 15) is 4.79 Å². The molecule has 0 radical (unpaired) electrons. The van der Waals surface area contributed by atoms with Crippen LogP contribution in [-0.2, 0) is 4.79 Å². The summed E-state index contributed by atoms with van der Waals surface area (Å²) in [7, 11) is 0. The zero-order valence-corrected chi connectivity index (χ0v) is 18.1. The van der Waals surface area contributed by atoms with E-state index in [1.165, 1.54) is 0 Å². The lowest BCUT2D eigenvalue weighted by Gasteiger charge is -2.24. The monoisotopic (exact) mass is 438 g/mol. The Morgan fingerprint density at radius 3 is 2.73 bits per heavy atom. The number of hydrogen-bond acceptors (Lipinski definition) is 6. The first-order valence-corrected chi connectivity index (χ1v) is 10.6. The first-order chi connectivity index (χ1) is 16.1. The van der Waals surface area contributed by atoms with Crippen molar-refractivity contribution in [2.45, 2.75) is 19.3 Å². The number of aromatic nitrogens is 5. The Balaban J connectivity index is 1.54. The van der Waals surface area contributed by atoms with Gasteiger partial charge < -0.3 is 10.1 Å². The number of fused-ring (bicyclic) bond motifs is 1. The maximum absolute atomic E-state index is 12.7. The van der Waals surface area contributed by atoms with Crippen molar-refractivity contribution in [3.8, 4) is 23.0 Å². The average molecular weight is 438 g/mol. The van der Waals surface area contributed by atoms with E-state index in [-0.39, 0.29) is 11.8 Å². The van der Waals surface area contributed by atoms with Crippen molar-refractivity contribution in [1.29, 1.82) is 0 Å². The highest BCUT2D eigenvalue weighted by molar-refractivity contribution is 5.95. The minimum Gasteiger partial charge on any atom is -0.490 e. The van der Waals surface area contributed by atoms with Crippen LogP contribution in [0.1, 0.15) is 29.2 Å². The third-order valence-electron chi connectivity index (χ3n) is 5.56. The Morgan fingerprint density at radius 1 is 1.18 bits per heavy atom. The van der Waals surface area contributed by atoms with E-state index in [4.69, 9.17) is 4.74 Å². The van der Waals surface area contributed by atoms with Gasteiger partial charge in [0.25, 0.3) is 5.95 Å². The van der Waals surface area contributed by atoms with Crippen molar-refractivity contribution in [1.82, 2.24) is 25.0 Å². The number of aryl methyl sites for hydroxylation is 1. The number of benzene rings is 2. The smallest absolute Gasteiger partial charge is 0.272 e. The van der Waals surface area contributed by atoms with Crippen molar-refractivity contribution in [3.63, 3.8) is 0 Å². The van der Waals surface area contributed by atoms with Gasteiger partial charge >= 0.3 is 0 Å². The highest BCUT2D eigenvalue weighted by Crippen LogP contribution is 2.40. The van der Waals surface area contributed by atoms with Crippen LogP contribution >= 0.6 is 0 Å². The second kappa shape index (κ2) is 8.66. The predicted octanol–water partition coefficient (Wildman–Crippen LogP) is 4.07. The Labute approximate surface area is 191 Å². The van der Waals surface area contributed by atoms with E-state index >= 15 is 0 Å². The average Bonchev–Trinajstić information content (AvgIpc) is 3.19. The molecule has 8 heteroatoms. The van der Waals surface area contributed by atoms with Gasteiger partial charge in [0.1, 0.15) is 18.2 Å². The molecule has 0 aliphatic carbocycles. The summed E-state index contributed by atoms with van der Waals surface area (Å²) in [6, 6.07) is 17.5. The zero-order chi connectivity index (χ0) is 22.8. The topological polar surface area (TPSA) is 94.8 Å². The van der Waals surface area contributed by atoms with Crippen molar-refractivity contribution in [3.05, 3.63) is 90.3 Å². The molecule has 0 saturated heterocycles. The van der Waals surface area contributed by atoms with Crippen LogP contribution in [0.25, 0.3) is 17.2 Å². The molecule has 1 amide bonds. The van der Waals surface area contributed by atoms with Crippen molar-refractivity contribution in [2.24, 2.45) is 0 Å². The quantitative estimate of drug-likeness (QED) is 0.456. The molecule has 0 unspecified atom stereocenters. The van der Waals surface area contributed by atoms with E-state index in [2.05, 4.69) is 32.2 Å². The first-order valence-electron chi connectivity index (χ1n) is 10.6.